The molecule has 1 aliphatic rings. The van der Waals surface area contributed by atoms with Crippen molar-refractivity contribution in [3.63, 3.8) is 0 Å². The van der Waals surface area contributed by atoms with Crippen LogP contribution in [-0.4, -0.2) is 10.7 Å². The van der Waals surface area contributed by atoms with Crippen molar-refractivity contribution in [2.24, 2.45) is 0 Å². The molecule has 3 nitrogen and oxygen atoms in total. The van der Waals surface area contributed by atoms with E-state index in [0.29, 0.717) is 18.8 Å². The number of rotatable bonds is 3. The molecular weight excluding hydrogens is 308 g/mol. The predicted octanol–water partition coefficient (Wildman–Crippen LogP) is 4.58. The molecule has 2 aromatic rings. The van der Waals surface area contributed by atoms with Gasteiger partial charge in [-0.05, 0) is 38.1 Å². The molecule has 1 N–H and O–H groups in total. The highest BCUT2D eigenvalue weighted by molar-refractivity contribution is 7.16. The Morgan fingerprint density at radius 3 is 2.90 bits per heavy atom. The smallest absolute Gasteiger partial charge is 0.129 e. The van der Waals surface area contributed by atoms with Crippen molar-refractivity contribution in [1.29, 1.82) is 0 Å². The van der Waals surface area contributed by atoms with Crippen LogP contribution in [0.5, 0.6) is 11.5 Å². The average Bonchev–Trinajstić information content (AvgIpc) is 2.80. The fourth-order valence-electron chi connectivity index (χ4n) is 2.47. The molecule has 1 aromatic heterocycles. The first kappa shape index (κ1) is 14.7. The van der Waals surface area contributed by atoms with E-state index in [-0.39, 0.29) is 5.60 Å². The summed E-state index contributed by atoms with van der Waals surface area (Å²) in [6.45, 7) is 4.42. The molecule has 1 atom stereocenters. The molecule has 0 radical (unpaired) electrons. The molecule has 2 heterocycles. The summed E-state index contributed by atoms with van der Waals surface area (Å²) in [6.07, 6.45) is 0.0994. The molecule has 0 saturated heterocycles. The topological polar surface area (TPSA) is 38.7 Å². The van der Waals surface area contributed by atoms with E-state index < -0.39 is 6.10 Å². The molecule has 3 rings (SSSR count). The van der Waals surface area contributed by atoms with Crippen LogP contribution in [0.1, 0.15) is 36.8 Å². The fraction of sp³-hybridized carbons (Fsp3) is 0.375. The number of halogens is 1. The lowest BCUT2D eigenvalue weighted by atomic mass is 9.92. The summed E-state index contributed by atoms with van der Waals surface area (Å²) in [5, 5.41) is 10.2. The third-order valence-electron chi connectivity index (χ3n) is 3.43. The minimum Gasteiger partial charge on any atom is -0.488 e. The van der Waals surface area contributed by atoms with Gasteiger partial charge in [0.2, 0.25) is 0 Å². The van der Waals surface area contributed by atoms with Crippen LogP contribution in [0, 0.1) is 0 Å². The van der Waals surface area contributed by atoms with E-state index in [4.69, 9.17) is 21.1 Å². The lowest BCUT2D eigenvalue weighted by Gasteiger charge is -2.35. The zero-order chi connectivity index (χ0) is 15.0. The number of ether oxygens (including phenoxy) is 2. The van der Waals surface area contributed by atoms with Crippen LogP contribution in [-0.2, 0) is 6.61 Å². The second-order valence-electron chi connectivity index (χ2n) is 5.78. The first-order valence-corrected chi connectivity index (χ1v) is 8.00. The van der Waals surface area contributed by atoms with Crippen LogP contribution in [0.3, 0.4) is 0 Å². The maximum atomic E-state index is 10.2. The maximum absolute atomic E-state index is 10.2. The van der Waals surface area contributed by atoms with Gasteiger partial charge in [-0.1, -0.05) is 11.6 Å². The van der Waals surface area contributed by atoms with Crippen LogP contribution in [0.25, 0.3) is 0 Å². The van der Waals surface area contributed by atoms with E-state index in [2.05, 4.69) is 0 Å². The monoisotopic (exact) mass is 324 g/mol. The van der Waals surface area contributed by atoms with E-state index in [1.165, 1.54) is 11.3 Å². The second kappa shape index (κ2) is 5.52. The van der Waals surface area contributed by atoms with Gasteiger partial charge in [0.1, 0.15) is 23.7 Å². The summed E-state index contributed by atoms with van der Waals surface area (Å²) in [7, 11) is 0. The number of aliphatic hydroxyl groups excluding tert-OH is 1. The van der Waals surface area contributed by atoms with Gasteiger partial charge in [-0.2, -0.15) is 0 Å². The number of hydrogen-bond donors (Lipinski definition) is 1. The summed E-state index contributed by atoms with van der Waals surface area (Å²) >= 11 is 7.40. The van der Waals surface area contributed by atoms with Crippen molar-refractivity contribution in [2.75, 3.05) is 0 Å². The largest absolute Gasteiger partial charge is 0.488 e. The van der Waals surface area contributed by atoms with Crippen LogP contribution in [0.2, 0.25) is 4.34 Å². The highest BCUT2D eigenvalue weighted by Gasteiger charge is 2.32. The molecular formula is C16H17ClO3S. The molecule has 21 heavy (non-hydrogen) atoms. The molecule has 0 bridgehead atoms. The van der Waals surface area contributed by atoms with E-state index in [1.54, 1.807) is 0 Å². The molecule has 0 spiro atoms. The molecule has 0 fully saturated rings. The van der Waals surface area contributed by atoms with Crippen molar-refractivity contribution in [3.8, 4) is 11.5 Å². The van der Waals surface area contributed by atoms with Crippen molar-refractivity contribution in [1.82, 2.24) is 0 Å². The number of aliphatic hydroxyl groups is 1. The standard InChI is InChI=1S/C16H17ClO3S/c1-16(2)8-13(18)12-5-3-10(7-14(12)20-16)19-9-11-4-6-15(17)21-11/h3-7,13,18H,8-9H2,1-2H3. The van der Waals surface area contributed by atoms with Crippen LogP contribution in [0.15, 0.2) is 30.3 Å². The molecule has 5 heteroatoms. The van der Waals surface area contributed by atoms with Gasteiger partial charge in [-0.3, -0.25) is 0 Å². The minimum atomic E-state index is -0.492. The lowest BCUT2D eigenvalue weighted by molar-refractivity contribution is 0.0113. The highest BCUT2D eigenvalue weighted by Crippen LogP contribution is 2.41. The van der Waals surface area contributed by atoms with E-state index >= 15 is 0 Å². The zero-order valence-corrected chi connectivity index (χ0v) is 13.5. The van der Waals surface area contributed by atoms with Gasteiger partial charge in [0.25, 0.3) is 0 Å². The Labute approximate surface area is 133 Å². The Morgan fingerprint density at radius 1 is 1.38 bits per heavy atom. The SMILES string of the molecule is CC1(C)CC(O)c2ccc(OCc3ccc(Cl)s3)cc2O1. The third kappa shape index (κ3) is 3.34. The third-order valence-corrected chi connectivity index (χ3v) is 4.63. The van der Waals surface area contributed by atoms with Gasteiger partial charge in [0.15, 0.2) is 0 Å². The van der Waals surface area contributed by atoms with Crippen molar-refractivity contribution < 1.29 is 14.6 Å². The van der Waals surface area contributed by atoms with E-state index in [1.807, 2.05) is 44.2 Å². The lowest BCUT2D eigenvalue weighted by Crippen LogP contribution is -2.34. The molecule has 0 aliphatic carbocycles. The molecule has 1 unspecified atom stereocenters. The van der Waals surface area contributed by atoms with Gasteiger partial charge in [0.05, 0.1) is 10.4 Å². The molecule has 1 aliphatic heterocycles. The Morgan fingerprint density at radius 2 is 2.19 bits per heavy atom. The number of fused-ring (bicyclic) bond motifs is 1. The second-order valence-corrected chi connectivity index (χ2v) is 7.58. The van der Waals surface area contributed by atoms with Crippen molar-refractivity contribution in [3.05, 3.63) is 45.1 Å². The van der Waals surface area contributed by atoms with Gasteiger partial charge < -0.3 is 14.6 Å². The number of thiophene rings is 1. The average molecular weight is 325 g/mol. The summed E-state index contributed by atoms with van der Waals surface area (Å²) in [4.78, 5) is 1.07. The highest BCUT2D eigenvalue weighted by atomic mass is 35.5. The minimum absolute atomic E-state index is 0.369. The maximum Gasteiger partial charge on any atom is 0.129 e. The summed E-state index contributed by atoms with van der Waals surface area (Å²) < 4.78 is 12.4. The summed E-state index contributed by atoms with van der Waals surface area (Å²) in [5.41, 5.74) is 0.451. The van der Waals surface area contributed by atoms with Gasteiger partial charge in [-0.15, -0.1) is 11.3 Å². The molecule has 0 saturated carbocycles. The van der Waals surface area contributed by atoms with Crippen molar-refractivity contribution >= 4 is 22.9 Å². The molecule has 1 aromatic carbocycles. The Bertz CT molecular complexity index is 651. The first-order chi connectivity index (χ1) is 9.93. The summed E-state index contributed by atoms with van der Waals surface area (Å²) in [5.74, 6) is 1.42. The molecule has 0 amide bonds. The number of benzene rings is 1. The normalized spacial score (nSPS) is 19.7. The van der Waals surface area contributed by atoms with Gasteiger partial charge in [-0.25, -0.2) is 0 Å². The van der Waals surface area contributed by atoms with E-state index in [9.17, 15) is 5.11 Å². The van der Waals surface area contributed by atoms with Gasteiger partial charge >= 0.3 is 0 Å². The Kier molecular flexibility index (Phi) is 3.86. The van der Waals surface area contributed by atoms with Crippen LogP contribution in [0.4, 0.5) is 0 Å². The Hall–Kier alpha value is -1.23. The van der Waals surface area contributed by atoms with Crippen molar-refractivity contribution in [2.45, 2.75) is 38.6 Å². The van der Waals surface area contributed by atoms with Crippen LogP contribution >= 0.6 is 22.9 Å². The first-order valence-electron chi connectivity index (χ1n) is 6.81. The summed E-state index contributed by atoms with van der Waals surface area (Å²) in [6, 6.07) is 9.38. The van der Waals surface area contributed by atoms with Gasteiger partial charge in [0, 0.05) is 22.9 Å². The van der Waals surface area contributed by atoms with Crippen LogP contribution < -0.4 is 9.47 Å². The quantitative estimate of drug-likeness (QED) is 0.898. The number of hydrogen-bond acceptors (Lipinski definition) is 4. The zero-order valence-electron chi connectivity index (χ0n) is 11.9. The van der Waals surface area contributed by atoms with E-state index in [0.717, 1.165) is 20.5 Å². The molecule has 112 valence electrons. The fourth-order valence-corrected chi connectivity index (χ4v) is 3.47. The Balaban J connectivity index is 1.76. The predicted molar refractivity (Wildman–Crippen MR) is 84.4 cm³/mol.